The summed E-state index contributed by atoms with van der Waals surface area (Å²) in [7, 11) is 0. The fourth-order valence-corrected chi connectivity index (χ4v) is 1.75. The van der Waals surface area contributed by atoms with Crippen LogP contribution in [0.1, 0.15) is 24.8 Å². The summed E-state index contributed by atoms with van der Waals surface area (Å²) in [5.41, 5.74) is 1.07. The van der Waals surface area contributed by atoms with E-state index in [0.717, 1.165) is 31.1 Å². The summed E-state index contributed by atoms with van der Waals surface area (Å²) in [6.07, 6.45) is 4.13. The zero-order valence-corrected chi connectivity index (χ0v) is 10.1. The molecule has 0 saturated heterocycles. The zero-order chi connectivity index (χ0) is 11.9. The maximum absolute atomic E-state index is 11.6. The van der Waals surface area contributed by atoms with Gasteiger partial charge in [0.15, 0.2) is 0 Å². The number of carbonyl (C=O) groups is 1. The highest BCUT2D eigenvalue weighted by Crippen LogP contribution is 2.18. The Morgan fingerprint density at radius 3 is 2.65 bits per heavy atom. The molecule has 17 heavy (non-hydrogen) atoms. The van der Waals surface area contributed by atoms with Gasteiger partial charge in [-0.3, -0.25) is 4.79 Å². The molecule has 0 atom stereocenters. The second-order valence-corrected chi connectivity index (χ2v) is 4.59. The van der Waals surface area contributed by atoms with Crippen LogP contribution in [-0.4, -0.2) is 25.0 Å². The molecule has 92 valence electrons. The molecule has 2 rings (SSSR count). The van der Waals surface area contributed by atoms with Crippen molar-refractivity contribution in [2.75, 3.05) is 13.1 Å². The van der Waals surface area contributed by atoms with E-state index < -0.39 is 0 Å². The molecule has 1 aromatic carbocycles. The average Bonchev–Trinajstić information content (AvgIpc) is 3.14. The van der Waals surface area contributed by atoms with E-state index in [-0.39, 0.29) is 5.91 Å². The standard InChI is InChI=1S/C14H20N2O/c17-14(11-12-5-2-1-3-6-12)16-10-4-9-15-13-7-8-13/h1-3,5-6,13,15H,4,7-11H2,(H,16,17). The smallest absolute Gasteiger partial charge is 0.224 e. The maximum Gasteiger partial charge on any atom is 0.224 e. The molecule has 1 aromatic rings. The molecule has 0 bridgehead atoms. The first kappa shape index (κ1) is 12.1. The van der Waals surface area contributed by atoms with Crippen molar-refractivity contribution < 1.29 is 4.79 Å². The van der Waals surface area contributed by atoms with Crippen molar-refractivity contribution in [2.24, 2.45) is 0 Å². The number of benzene rings is 1. The van der Waals surface area contributed by atoms with E-state index in [1.165, 1.54) is 12.8 Å². The van der Waals surface area contributed by atoms with E-state index in [2.05, 4.69) is 10.6 Å². The number of hydrogen-bond donors (Lipinski definition) is 2. The van der Waals surface area contributed by atoms with E-state index in [1.807, 2.05) is 30.3 Å². The first-order chi connectivity index (χ1) is 8.34. The third kappa shape index (κ3) is 5.00. The predicted molar refractivity (Wildman–Crippen MR) is 68.8 cm³/mol. The molecule has 3 nitrogen and oxygen atoms in total. The second kappa shape index (κ2) is 6.40. The highest BCUT2D eigenvalue weighted by atomic mass is 16.1. The van der Waals surface area contributed by atoms with Crippen LogP contribution in [0.25, 0.3) is 0 Å². The van der Waals surface area contributed by atoms with Crippen molar-refractivity contribution in [2.45, 2.75) is 31.7 Å². The molecule has 1 aliphatic rings. The third-order valence-corrected chi connectivity index (χ3v) is 2.89. The quantitative estimate of drug-likeness (QED) is 0.699. The topological polar surface area (TPSA) is 41.1 Å². The SMILES string of the molecule is O=C(Cc1ccccc1)NCCCNC1CC1. The molecule has 0 aliphatic heterocycles. The van der Waals surface area contributed by atoms with Crippen LogP contribution in [0.4, 0.5) is 0 Å². The van der Waals surface area contributed by atoms with Gasteiger partial charge in [-0.05, 0) is 31.4 Å². The van der Waals surface area contributed by atoms with Gasteiger partial charge in [0.05, 0.1) is 6.42 Å². The lowest BCUT2D eigenvalue weighted by molar-refractivity contribution is -0.120. The largest absolute Gasteiger partial charge is 0.356 e. The molecule has 0 heterocycles. The first-order valence-electron chi connectivity index (χ1n) is 6.38. The number of amides is 1. The van der Waals surface area contributed by atoms with Gasteiger partial charge in [-0.2, -0.15) is 0 Å². The Balaban J connectivity index is 1.54. The summed E-state index contributed by atoms with van der Waals surface area (Å²) in [5.74, 6) is 0.114. The Bertz CT molecular complexity index is 346. The fraction of sp³-hybridized carbons (Fsp3) is 0.500. The summed E-state index contributed by atoms with van der Waals surface area (Å²) in [6, 6.07) is 10.6. The van der Waals surface area contributed by atoms with Crippen molar-refractivity contribution >= 4 is 5.91 Å². The van der Waals surface area contributed by atoms with Crippen LogP contribution in [0.5, 0.6) is 0 Å². The number of carbonyl (C=O) groups excluding carboxylic acids is 1. The highest BCUT2D eigenvalue weighted by molar-refractivity contribution is 5.78. The monoisotopic (exact) mass is 232 g/mol. The Kier molecular flexibility index (Phi) is 4.56. The van der Waals surface area contributed by atoms with E-state index in [4.69, 9.17) is 0 Å². The Labute approximate surface area is 103 Å². The Morgan fingerprint density at radius 1 is 1.18 bits per heavy atom. The second-order valence-electron chi connectivity index (χ2n) is 4.59. The van der Waals surface area contributed by atoms with E-state index in [0.29, 0.717) is 6.42 Å². The Morgan fingerprint density at radius 2 is 1.94 bits per heavy atom. The fourth-order valence-electron chi connectivity index (χ4n) is 1.75. The van der Waals surface area contributed by atoms with Crippen LogP contribution in [0.15, 0.2) is 30.3 Å². The van der Waals surface area contributed by atoms with E-state index >= 15 is 0 Å². The lowest BCUT2D eigenvalue weighted by atomic mass is 10.1. The normalized spacial score (nSPS) is 14.6. The summed E-state index contributed by atoms with van der Waals surface area (Å²) >= 11 is 0. The summed E-state index contributed by atoms with van der Waals surface area (Å²) in [6.45, 7) is 1.78. The van der Waals surface area contributed by atoms with Gasteiger partial charge >= 0.3 is 0 Å². The summed E-state index contributed by atoms with van der Waals surface area (Å²) in [5, 5.41) is 6.38. The third-order valence-electron chi connectivity index (χ3n) is 2.89. The first-order valence-corrected chi connectivity index (χ1v) is 6.38. The molecule has 0 spiro atoms. The molecule has 1 aliphatic carbocycles. The van der Waals surface area contributed by atoms with Crippen molar-refractivity contribution in [3.63, 3.8) is 0 Å². The van der Waals surface area contributed by atoms with Gasteiger partial charge in [-0.15, -0.1) is 0 Å². The van der Waals surface area contributed by atoms with E-state index in [9.17, 15) is 4.79 Å². The summed E-state index contributed by atoms with van der Waals surface area (Å²) < 4.78 is 0. The minimum absolute atomic E-state index is 0.114. The van der Waals surface area contributed by atoms with Crippen LogP contribution in [0.2, 0.25) is 0 Å². The molecule has 1 fully saturated rings. The van der Waals surface area contributed by atoms with Crippen LogP contribution >= 0.6 is 0 Å². The van der Waals surface area contributed by atoms with Crippen LogP contribution in [-0.2, 0) is 11.2 Å². The van der Waals surface area contributed by atoms with Gasteiger partial charge in [0.2, 0.25) is 5.91 Å². The van der Waals surface area contributed by atoms with Crippen molar-refractivity contribution in [1.82, 2.24) is 10.6 Å². The van der Waals surface area contributed by atoms with Gasteiger partial charge in [-0.1, -0.05) is 30.3 Å². The van der Waals surface area contributed by atoms with E-state index in [1.54, 1.807) is 0 Å². The number of nitrogens with one attached hydrogen (secondary N) is 2. The minimum atomic E-state index is 0.114. The van der Waals surface area contributed by atoms with Crippen LogP contribution < -0.4 is 10.6 Å². The minimum Gasteiger partial charge on any atom is -0.356 e. The molecule has 0 radical (unpaired) electrons. The molecular weight excluding hydrogens is 212 g/mol. The highest BCUT2D eigenvalue weighted by Gasteiger charge is 2.19. The lowest BCUT2D eigenvalue weighted by Gasteiger charge is -2.06. The molecule has 2 N–H and O–H groups in total. The molecular formula is C14H20N2O. The number of hydrogen-bond acceptors (Lipinski definition) is 2. The van der Waals surface area contributed by atoms with Crippen molar-refractivity contribution in [1.29, 1.82) is 0 Å². The predicted octanol–water partition coefficient (Wildman–Crippen LogP) is 1.49. The van der Waals surface area contributed by atoms with Gasteiger partial charge in [0.1, 0.15) is 0 Å². The maximum atomic E-state index is 11.6. The van der Waals surface area contributed by atoms with Gasteiger partial charge in [0, 0.05) is 12.6 Å². The van der Waals surface area contributed by atoms with Crippen LogP contribution in [0.3, 0.4) is 0 Å². The molecule has 1 amide bonds. The van der Waals surface area contributed by atoms with Gasteiger partial charge in [0.25, 0.3) is 0 Å². The lowest BCUT2D eigenvalue weighted by Crippen LogP contribution is -2.29. The molecule has 0 aromatic heterocycles. The van der Waals surface area contributed by atoms with Crippen molar-refractivity contribution in [3.8, 4) is 0 Å². The van der Waals surface area contributed by atoms with Crippen LogP contribution in [0, 0.1) is 0 Å². The summed E-state index contributed by atoms with van der Waals surface area (Å²) in [4.78, 5) is 11.6. The number of rotatable bonds is 7. The molecule has 3 heteroatoms. The Hall–Kier alpha value is -1.35. The molecule has 1 saturated carbocycles. The average molecular weight is 232 g/mol. The van der Waals surface area contributed by atoms with Crippen molar-refractivity contribution in [3.05, 3.63) is 35.9 Å². The zero-order valence-electron chi connectivity index (χ0n) is 10.1. The van der Waals surface area contributed by atoms with Gasteiger partial charge in [-0.25, -0.2) is 0 Å². The van der Waals surface area contributed by atoms with Gasteiger partial charge < -0.3 is 10.6 Å². The molecule has 0 unspecified atom stereocenters.